The van der Waals surface area contributed by atoms with Crippen molar-refractivity contribution in [1.29, 1.82) is 0 Å². The first kappa shape index (κ1) is 16.9. The van der Waals surface area contributed by atoms with Crippen LogP contribution in [0, 0.1) is 6.92 Å². The Hall–Kier alpha value is -1.43. The summed E-state index contributed by atoms with van der Waals surface area (Å²) in [6.45, 7) is 4.18. The second-order valence-electron chi connectivity index (χ2n) is 4.62. The molecule has 0 bridgehead atoms. The first-order chi connectivity index (χ1) is 10.3. The number of sulfonamides is 1. The van der Waals surface area contributed by atoms with E-state index >= 15 is 0 Å². The fraction of sp³-hybridized carbons (Fsp3) is 0.200. The fourth-order valence-electron chi connectivity index (χ4n) is 1.93. The molecule has 22 heavy (non-hydrogen) atoms. The Morgan fingerprint density at radius 1 is 1.09 bits per heavy atom. The zero-order chi connectivity index (χ0) is 16.3. The van der Waals surface area contributed by atoms with Gasteiger partial charge in [0.05, 0.1) is 17.2 Å². The third-order valence-corrected chi connectivity index (χ3v) is 4.69. The van der Waals surface area contributed by atoms with Gasteiger partial charge < -0.3 is 4.74 Å². The summed E-state index contributed by atoms with van der Waals surface area (Å²) >= 11 is 11.7. The van der Waals surface area contributed by atoms with Gasteiger partial charge in [0.15, 0.2) is 0 Å². The van der Waals surface area contributed by atoms with Gasteiger partial charge in [0.25, 0.3) is 10.0 Å². The van der Waals surface area contributed by atoms with E-state index in [0.29, 0.717) is 28.1 Å². The molecule has 0 radical (unpaired) electrons. The van der Waals surface area contributed by atoms with Crippen molar-refractivity contribution in [2.75, 3.05) is 11.3 Å². The highest BCUT2D eigenvalue weighted by atomic mass is 35.5. The normalized spacial score (nSPS) is 11.3. The smallest absolute Gasteiger partial charge is 0.261 e. The lowest BCUT2D eigenvalue weighted by molar-refractivity contribution is 0.337. The molecule has 0 fully saturated rings. The molecule has 2 aromatic carbocycles. The molecule has 0 aliphatic carbocycles. The van der Waals surface area contributed by atoms with Crippen molar-refractivity contribution in [3.63, 3.8) is 0 Å². The summed E-state index contributed by atoms with van der Waals surface area (Å²) in [5.41, 5.74) is 1.05. The molecule has 0 spiro atoms. The van der Waals surface area contributed by atoms with Crippen molar-refractivity contribution in [3.8, 4) is 5.75 Å². The average Bonchev–Trinajstić information content (AvgIpc) is 2.39. The van der Waals surface area contributed by atoms with Gasteiger partial charge in [-0.05, 0) is 55.8 Å². The van der Waals surface area contributed by atoms with Crippen LogP contribution >= 0.6 is 23.2 Å². The second kappa shape index (κ2) is 6.77. The highest BCUT2D eigenvalue weighted by molar-refractivity contribution is 7.92. The fourth-order valence-corrected chi connectivity index (χ4v) is 3.58. The van der Waals surface area contributed by atoms with Crippen LogP contribution in [0.2, 0.25) is 10.0 Å². The quantitative estimate of drug-likeness (QED) is 0.854. The van der Waals surface area contributed by atoms with Gasteiger partial charge in [-0.3, -0.25) is 4.72 Å². The lowest BCUT2D eigenvalue weighted by Crippen LogP contribution is -2.13. The van der Waals surface area contributed by atoms with Crippen LogP contribution in [0.25, 0.3) is 0 Å². The van der Waals surface area contributed by atoms with Crippen LogP contribution in [-0.4, -0.2) is 15.0 Å². The summed E-state index contributed by atoms with van der Waals surface area (Å²) in [5.74, 6) is 0.659. The average molecular weight is 360 g/mol. The predicted octanol–water partition coefficient (Wildman–Crippen LogP) is 4.50. The molecule has 0 atom stereocenters. The Kier molecular flexibility index (Phi) is 5.21. The summed E-state index contributed by atoms with van der Waals surface area (Å²) < 4.78 is 32.7. The van der Waals surface area contributed by atoms with Crippen LogP contribution in [0.4, 0.5) is 5.69 Å². The Morgan fingerprint density at radius 2 is 1.73 bits per heavy atom. The standard InChI is InChI=1S/C15H15Cl2NO3S/c1-3-21-15-5-4-14(6-10(15)2)22(19,20)18-13-8-11(16)7-12(17)9-13/h4-9,18H,3H2,1-2H3. The minimum atomic E-state index is -3.72. The van der Waals surface area contributed by atoms with Gasteiger partial charge in [-0.1, -0.05) is 23.2 Å². The van der Waals surface area contributed by atoms with Crippen LogP contribution in [0.3, 0.4) is 0 Å². The molecule has 4 nitrogen and oxygen atoms in total. The molecule has 118 valence electrons. The number of benzene rings is 2. The highest BCUT2D eigenvalue weighted by Gasteiger charge is 2.16. The summed E-state index contributed by atoms with van der Waals surface area (Å²) in [7, 11) is -3.72. The molecule has 0 heterocycles. The molecule has 1 N–H and O–H groups in total. The van der Waals surface area contributed by atoms with Crippen LogP contribution in [0.15, 0.2) is 41.3 Å². The second-order valence-corrected chi connectivity index (χ2v) is 7.18. The van der Waals surface area contributed by atoms with Gasteiger partial charge in [-0.25, -0.2) is 8.42 Å². The van der Waals surface area contributed by atoms with E-state index < -0.39 is 10.0 Å². The van der Waals surface area contributed by atoms with E-state index in [2.05, 4.69) is 4.72 Å². The Morgan fingerprint density at radius 3 is 2.27 bits per heavy atom. The van der Waals surface area contributed by atoms with Gasteiger partial charge in [-0.2, -0.15) is 0 Å². The number of hydrogen-bond acceptors (Lipinski definition) is 3. The molecule has 7 heteroatoms. The number of nitrogens with one attached hydrogen (secondary N) is 1. The maximum atomic E-state index is 12.4. The van der Waals surface area contributed by atoms with E-state index in [1.54, 1.807) is 19.1 Å². The maximum Gasteiger partial charge on any atom is 0.261 e. The van der Waals surface area contributed by atoms with E-state index in [1.807, 2.05) is 6.92 Å². The lowest BCUT2D eigenvalue weighted by atomic mass is 10.2. The summed E-state index contributed by atoms with van der Waals surface area (Å²) in [4.78, 5) is 0.143. The third kappa shape index (κ3) is 4.06. The van der Waals surface area contributed by atoms with Crippen LogP contribution in [0.1, 0.15) is 12.5 Å². The number of anilines is 1. The first-order valence-electron chi connectivity index (χ1n) is 6.54. The molecular formula is C15H15Cl2NO3S. The highest BCUT2D eigenvalue weighted by Crippen LogP contribution is 2.26. The van der Waals surface area contributed by atoms with E-state index in [4.69, 9.17) is 27.9 Å². The maximum absolute atomic E-state index is 12.4. The van der Waals surface area contributed by atoms with E-state index in [9.17, 15) is 8.42 Å². The minimum Gasteiger partial charge on any atom is -0.494 e. The molecular weight excluding hydrogens is 345 g/mol. The summed E-state index contributed by atoms with van der Waals surface area (Å²) in [6, 6.07) is 9.20. The van der Waals surface area contributed by atoms with Crippen molar-refractivity contribution in [2.45, 2.75) is 18.7 Å². The van der Waals surface area contributed by atoms with E-state index in [-0.39, 0.29) is 4.90 Å². The van der Waals surface area contributed by atoms with Crippen molar-refractivity contribution in [3.05, 3.63) is 52.0 Å². The van der Waals surface area contributed by atoms with Crippen molar-refractivity contribution in [1.82, 2.24) is 0 Å². The topological polar surface area (TPSA) is 55.4 Å². The third-order valence-electron chi connectivity index (χ3n) is 2.87. The van der Waals surface area contributed by atoms with Crippen molar-refractivity contribution in [2.24, 2.45) is 0 Å². The molecule has 0 amide bonds. The number of ether oxygens (including phenoxy) is 1. The molecule has 0 unspecified atom stereocenters. The van der Waals surface area contributed by atoms with Gasteiger partial charge in [0, 0.05) is 10.0 Å². The van der Waals surface area contributed by atoms with E-state index in [0.717, 1.165) is 5.56 Å². The van der Waals surface area contributed by atoms with E-state index in [1.165, 1.54) is 24.3 Å². The molecule has 2 aromatic rings. The van der Waals surface area contributed by atoms with Crippen LogP contribution in [0.5, 0.6) is 5.75 Å². The van der Waals surface area contributed by atoms with Gasteiger partial charge in [-0.15, -0.1) is 0 Å². The monoisotopic (exact) mass is 359 g/mol. The summed E-state index contributed by atoms with van der Waals surface area (Å²) in [5, 5.41) is 0.709. The zero-order valence-electron chi connectivity index (χ0n) is 12.1. The van der Waals surface area contributed by atoms with Gasteiger partial charge in [0.2, 0.25) is 0 Å². The first-order valence-corrected chi connectivity index (χ1v) is 8.78. The minimum absolute atomic E-state index is 0.143. The van der Waals surface area contributed by atoms with Gasteiger partial charge >= 0.3 is 0 Å². The zero-order valence-corrected chi connectivity index (χ0v) is 14.4. The molecule has 0 aromatic heterocycles. The number of halogens is 2. The summed E-state index contributed by atoms with van der Waals surface area (Å²) in [6.07, 6.45) is 0. The molecule has 0 saturated heterocycles. The molecule has 0 saturated carbocycles. The Balaban J connectivity index is 2.32. The molecule has 0 aliphatic heterocycles. The van der Waals surface area contributed by atoms with Crippen molar-refractivity contribution < 1.29 is 13.2 Å². The largest absolute Gasteiger partial charge is 0.494 e. The number of rotatable bonds is 5. The van der Waals surface area contributed by atoms with Crippen LogP contribution in [-0.2, 0) is 10.0 Å². The Bertz CT molecular complexity index is 771. The SMILES string of the molecule is CCOc1ccc(S(=O)(=O)Nc2cc(Cl)cc(Cl)c2)cc1C. The molecule has 2 rings (SSSR count). The van der Waals surface area contributed by atoms with Gasteiger partial charge in [0.1, 0.15) is 5.75 Å². The number of hydrogen-bond donors (Lipinski definition) is 1. The molecule has 0 aliphatic rings. The lowest BCUT2D eigenvalue weighted by Gasteiger charge is -2.12. The predicted molar refractivity (Wildman–Crippen MR) is 89.6 cm³/mol. The van der Waals surface area contributed by atoms with Crippen LogP contribution < -0.4 is 9.46 Å². The Labute approximate surface area is 140 Å². The van der Waals surface area contributed by atoms with Crippen molar-refractivity contribution >= 4 is 38.9 Å². The number of aryl methyl sites for hydroxylation is 1.